The molecule has 2 saturated heterocycles. The van der Waals surface area contributed by atoms with Crippen LogP contribution in [-0.2, 0) is 17.6 Å². The Labute approximate surface area is 137 Å². The van der Waals surface area contributed by atoms with Crippen molar-refractivity contribution >= 4 is 18.3 Å². The number of carbonyl (C=O) groups excluding carboxylic acids is 1. The van der Waals surface area contributed by atoms with Gasteiger partial charge in [0, 0.05) is 37.5 Å². The molecule has 0 saturated carbocycles. The molecule has 1 amide bonds. The van der Waals surface area contributed by atoms with Gasteiger partial charge < -0.3 is 15.3 Å². The Bertz CT molecular complexity index is 555. The third-order valence-corrected chi connectivity index (χ3v) is 5.71. The molecule has 2 fully saturated rings. The number of hydrogen-bond donors (Lipinski definition) is 2. The number of hydrogen-bond acceptors (Lipinski definition) is 3. The molecule has 2 unspecified atom stereocenters. The number of likely N-dealkylation sites (tertiary alicyclic amines) is 1. The molecule has 3 aliphatic rings. The van der Waals surface area contributed by atoms with Gasteiger partial charge in [0.2, 0.25) is 5.91 Å². The summed E-state index contributed by atoms with van der Waals surface area (Å²) in [6.07, 6.45) is 1.75. The minimum Gasteiger partial charge on any atom is -0.396 e. The molecule has 2 N–H and O–H groups in total. The van der Waals surface area contributed by atoms with Crippen molar-refractivity contribution in [1.29, 1.82) is 0 Å². The van der Waals surface area contributed by atoms with E-state index >= 15 is 0 Å². The highest BCUT2D eigenvalue weighted by molar-refractivity contribution is 5.85. The van der Waals surface area contributed by atoms with E-state index in [1.54, 1.807) is 0 Å². The summed E-state index contributed by atoms with van der Waals surface area (Å²) in [6.45, 7) is 3.46. The van der Waals surface area contributed by atoms with Gasteiger partial charge in [-0.05, 0) is 29.9 Å². The Morgan fingerprint density at radius 2 is 2.00 bits per heavy atom. The molecule has 0 bridgehead atoms. The summed E-state index contributed by atoms with van der Waals surface area (Å²) in [5.74, 6) is 0.800. The average Bonchev–Trinajstić information content (AvgIpc) is 3.17. The van der Waals surface area contributed by atoms with Crippen molar-refractivity contribution < 1.29 is 9.90 Å². The molecule has 5 heteroatoms. The molecule has 4 rings (SSSR count). The Kier molecular flexibility index (Phi) is 4.19. The third-order valence-electron chi connectivity index (χ3n) is 5.71. The summed E-state index contributed by atoms with van der Waals surface area (Å²) in [7, 11) is 0. The number of carbonyl (C=O) groups is 1. The molecule has 1 aromatic carbocycles. The Hall–Kier alpha value is -1.10. The molecule has 2 atom stereocenters. The van der Waals surface area contributed by atoms with Crippen molar-refractivity contribution in [3.8, 4) is 0 Å². The molecule has 120 valence electrons. The van der Waals surface area contributed by atoms with E-state index in [4.69, 9.17) is 0 Å². The standard InChI is InChI=1S/C17H22N2O2.ClH/c20-11-17-9-18-7-15(17)8-19(10-17)16(21)14-5-12-3-1-2-4-13(12)6-14;/h1-4,14-15,18,20H,5-11H2;1H. The fraction of sp³-hybridized carbons (Fsp3) is 0.588. The first-order valence-corrected chi connectivity index (χ1v) is 7.89. The predicted molar refractivity (Wildman–Crippen MR) is 87.0 cm³/mol. The first kappa shape index (κ1) is 15.8. The van der Waals surface area contributed by atoms with Crippen molar-refractivity contribution in [2.24, 2.45) is 17.3 Å². The topological polar surface area (TPSA) is 52.6 Å². The maximum atomic E-state index is 12.8. The van der Waals surface area contributed by atoms with Crippen LogP contribution in [0.3, 0.4) is 0 Å². The highest BCUT2D eigenvalue weighted by Gasteiger charge is 2.51. The largest absolute Gasteiger partial charge is 0.396 e. The summed E-state index contributed by atoms with van der Waals surface area (Å²) in [6, 6.07) is 8.39. The van der Waals surface area contributed by atoms with Crippen LogP contribution in [-0.4, -0.2) is 48.7 Å². The molecular formula is C17H23ClN2O2. The van der Waals surface area contributed by atoms with Gasteiger partial charge in [-0.1, -0.05) is 24.3 Å². The van der Waals surface area contributed by atoms with Crippen LogP contribution in [0.4, 0.5) is 0 Å². The quantitative estimate of drug-likeness (QED) is 0.849. The smallest absolute Gasteiger partial charge is 0.226 e. The van der Waals surface area contributed by atoms with Gasteiger partial charge in [0.15, 0.2) is 0 Å². The lowest BCUT2D eigenvalue weighted by Crippen LogP contribution is -2.40. The first-order valence-electron chi connectivity index (χ1n) is 7.89. The van der Waals surface area contributed by atoms with Crippen LogP contribution in [0, 0.1) is 17.3 Å². The number of amides is 1. The molecule has 2 aliphatic heterocycles. The monoisotopic (exact) mass is 322 g/mol. The van der Waals surface area contributed by atoms with E-state index in [-0.39, 0.29) is 36.3 Å². The number of fused-ring (bicyclic) bond motifs is 2. The minimum atomic E-state index is -0.0961. The SMILES string of the molecule is Cl.O=C(C1Cc2ccccc2C1)N1CC2CNCC2(CO)C1. The summed E-state index contributed by atoms with van der Waals surface area (Å²) in [5, 5.41) is 13.1. The summed E-state index contributed by atoms with van der Waals surface area (Å²) in [5.41, 5.74) is 2.56. The van der Waals surface area contributed by atoms with Crippen LogP contribution in [0.15, 0.2) is 24.3 Å². The highest BCUT2D eigenvalue weighted by atomic mass is 35.5. The van der Waals surface area contributed by atoms with Gasteiger partial charge in [-0.2, -0.15) is 0 Å². The second kappa shape index (κ2) is 5.84. The fourth-order valence-electron chi connectivity index (χ4n) is 4.40. The van der Waals surface area contributed by atoms with Crippen molar-refractivity contribution in [1.82, 2.24) is 10.2 Å². The molecule has 2 heterocycles. The molecule has 1 aliphatic carbocycles. The summed E-state index contributed by atoms with van der Waals surface area (Å²) >= 11 is 0. The number of benzene rings is 1. The van der Waals surface area contributed by atoms with Crippen LogP contribution in [0.2, 0.25) is 0 Å². The Morgan fingerprint density at radius 1 is 1.32 bits per heavy atom. The van der Waals surface area contributed by atoms with Crippen LogP contribution < -0.4 is 5.32 Å². The lowest BCUT2D eigenvalue weighted by atomic mass is 9.82. The summed E-state index contributed by atoms with van der Waals surface area (Å²) in [4.78, 5) is 14.8. The van der Waals surface area contributed by atoms with Crippen LogP contribution in [0.1, 0.15) is 11.1 Å². The van der Waals surface area contributed by atoms with Gasteiger partial charge >= 0.3 is 0 Å². The lowest BCUT2D eigenvalue weighted by Gasteiger charge is -2.26. The summed E-state index contributed by atoms with van der Waals surface area (Å²) < 4.78 is 0. The van der Waals surface area contributed by atoms with E-state index in [1.165, 1.54) is 11.1 Å². The molecule has 4 nitrogen and oxygen atoms in total. The maximum absolute atomic E-state index is 12.8. The molecule has 0 spiro atoms. The van der Waals surface area contributed by atoms with Crippen molar-refractivity contribution in [2.75, 3.05) is 32.8 Å². The molecule has 0 aromatic heterocycles. The Morgan fingerprint density at radius 3 is 2.59 bits per heavy atom. The van der Waals surface area contributed by atoms with Gasteiger partial charge in [0.25, 0.3) is 0 Å². The van der Waals surface area contributed by atoms with Crippen molar-refractivity contribution in [3.63, 3.8) is 0 Å². The van der Waals surface area contributed by atoms with E-state index in [0.717, 1.165) is 32.5 Å². The minimum absolute atomic E-state index is 0. The predicted octanol–water partition coefficient (Wildman–Crippen LogP) is 0.863. The van der Waals surface area contributed by atoms with Gasteiger partial charge in [0.1, 0.15) is 0 Å². The number of nitrogens with one attached hydrogen (secondary N) is 1. The van der Waals surface area contributed by atoms with E-state index in [1.807, 2.05) is 4.90 Å². The molecule has 22 heavy (non-hydrogen) atoms. The Balaban J connectivity index is 0.00000144. The maximum Gasteiger partial charge on any atom is 0.226 e. The zero-order valence-electron chi connectivity index (χ0n) is 12.6. The number of halogens is 1. The van der Waals surface area contributed by atoms with Gasteiger partial charge in [-0.25, -0.2) is 0 Å². The number of rotatable bonds is 2. The van der Waals surface area contributed by atoms with Gasteiger partial charge in [0.05, 0.1) is 6.61 Å². The molecule has 0 radical (unpaired) electrons. The molecular weight excluding hydrogens is 300 g/mol. The van der Waals surface area contributed by atoms with Crippen LogP contribution in [0.5, 0.6) is 0 Å². The lowest BCUT2D eigenvalue weighted by molar-refractivity contribution is -0.134. The zero-order chi connectivity index (χ0) is 14.4. The van der Waals surface area contributed by atoms with Crippen LogP contribution >= 0.6 is 12.4 Å². The van der Waals surface area contributed by atoms with E-state index in [2.05, 4.69) is 29.6 Å². The first-order chi connectivity index (χ1) is 10.2. The van der Waals surface area contributed by atoms with E-state index < -0.39 is 0 Å². The highest BCUT2D eigenvalue weighted by Crippen LogP contribution is 2.40. The fourth-order valence-corrected chi connectivity index (χ4v) is 4.40. The van der Waals surface area contributed by atoms with Crippen LogP contribution in [0.25, 0.3) is 0 Å². The van der Waals surface area contributed by atoms with E-state index in [9.17, 15) is 9.90 Å². The number of nitrogens with zero attached hydrogens (tertiary/aromatic N) is 1. The second-order valence-electron chi connectivity index (χ2n) is 6.94. The van der Waals surface area contributed by atoms with Crippen molar-refractivity contribution in [2.45, 2.75) is 12.8 Å². The normalized spacial score (nSPS) is 30.0. The third kappa shape index (κ3) is 2.34. The number of aliphatic hydroxyl groups excluding tert-OH is 1. The second-order valence-corrected chi connectivity index (χ2v) is 6.94. The number of aliphatic hydroxyl groups is 1. The van der Waals surface area contributed by atoms with Gasteiger partial charge in [-0.3, -0.25) is 4.79 Å². The van der Waals surface area contributed by atoms with Gasteiger partial charge in [-0.15, -0.1) is 12.4 Å². The molecule has 1 aromatic rings. The average molecular weight is 323 g/mol. The van der Waals surface area contributed by atoms with Crippen molar-refractivity contribution in [3.05, 3.63) is 35.4 Å². The van der Waals surface area contributed by atoms with E-state index in [0.29, 0.717) is 12.5 Å². The zero-order valence-corrected chi connectivity index (χ0v) is 13.4.